The lowest BCUT2D eigenvalue weighted by atomic mass is 10.2. The Morgan fingerprint density at radius 1 is 1.43 bits per heavy atom. The maximum absolute atomic E-state index is 11.1. The molecule has 0 radical (unpaired) electrons. The van der Waals surface area contributed by atoms with Crippen molar-refractivity contribution in [2.75, 3.05) is 5.73 Å². The number of para-hydroxylation sites is 1. The Hall–Kier alpha value is -2.41. The summed E-state index contributed by atoms with van der Waals surface area (Å²) in [5, 5.41) is 11.2. The van der Waals surface area contributed by atoms with E-state index >= 15 is 0 Å². The quantitative estimate of drug-likeness (QED) is 0.670. The summed E-state index contributed by atoms with van der Waals surface area (Å²) in [6, 6.07) is 4.30. The minimum Gasteiger partial charge on any atom is -0.430 e. The number of benzene rings is 1. The first-order valence-corrected chi connectivity index (χ1v) is 6.62. The molecule has 0 aliphatic carbocycles. The van der Waals surface area contributed by atoms with Crippen molar-refractivity contribution in [2.24, 2.45) is 0 Å². The van der Waals surface area contributed by atoms with E-state index in [1.54, 1.807) is 0 Å². The maximum atomic E-state index is 11.1. The number of rotatable bonds is 5. The number of nitro groups is 1. The zero-order valence-electron chi connectivity index (χ0n) is 11.2. The van der Waals surface area contributed by atoms with Crippen LogP contribution >= 0.6 is 11.6 Å². The van der Waals surface area contributed by atoms with Crippen molar-refractivity contribution in [3.8, 4) is 11.6 Å². The lowest BCUT2D eigenvalue weighted by Crippen LogP contribution is -2.03. The summed E-state index contributed by atoms with van der Waals surface area (Å²) in [6.07, 6.45) is 2.64. The van der Waals surface area contributed by atoms with Gasteiger partial charge in [0.1, 0.15) is 12.1 Å². The monoisotopic (exact) mass is 308 g/mol. The van der Waals surface area contributed by atoms with Gasteiger partial charge in [0.05, 0.1) is 15.5 Å². The minimum atomic E-state index is -0.564. The van der Waals surface area contributed by atoms with Gasteiger partial charge in [-0.05, 0) is 12.5 Å². The van der Waals surface area contributed by atoms with Gasteiger partial charge in [-0.2, -0.15) is 0 Å². The topological polar surface area (TPSA) is 104 Å². The molecule has 2 rings (SSSR count). The van der Waals surface area contributed by atoms with Gasteiger partial charge in [-0.25, -0.2) is 9.97 Å². The Bertz CT molecular complexity index is 678. The molecule has 0 aliphatic heterocycles. The summed E-state index contributed by atoms with van der Waals surface area (Å²) in [6.45, 7) is 1.97. The molecule has 0 spiro atoms. The molecule has 21 heavy (non-hydrogen) atoms. The van der Waals surface area contributed by atoms with E-state index < -0.39 is 4.92 Å². The van der Waals surface area contributed by atoms with Crippen LogP contribution in [-0.2, 0) is 6.42 Å². The Morgan fingerprint density at radius 3 is 2.86 bits per heavy atom. The summed E-state index contributed by atoms with van der Waals surface area (Å²) >= 11 is 5.99. The second kappa shape index (κ2) is 6.36. The first-order chi connectivity index (χ1) is 10.0. The molecule has 0 amide bonds. The molecule has 0 fully saturated rings. The zero-order valence-corrected chi connectivity index (χ0v) is 12.0. The maximum Gasteiger partial charge on any atom is 0.313 e. The molecule has 0 atom stereocenters. The summed E-state index contributed by atoms with van der Waals surface area (Å²) in [7, 11) is 0. The lowest BCUT2D eigenvalue weighted by Gasteiger charge is -2.11. The lowest BCUT2D eigenvalue weighted by molar-refractivity contribution is -0.385. The van der Waals surface area contributed by atoms with Crippen LogP contribution in [-0.4, -0.2) is 14.9 Å². The molecular formula is C13H13ClN4O3. The third-order valence-electron chi connectivity index (χ3n) is 2.78. The van der Waals surface area contributed by atoms with Crippen LogP contribution in [0.2, 0.25) is 5.02 Å². The Labute approximate surface area is 125 Å². The molecule has 7 nitrogen and oxygen atoms in total. The van der Waals surface area contributed by atoms with Gasteiger partial charge in [-0.1, -0.05) is 31.0 Å². The smallest absolute Gasteiger partial charge is 0.313 e. The molecule has 1 heterocycles. The standard InChI is InChI=1S/C13H13ClN4O3/c1-2-4-8-12(15)16-7-17-13(8)21-11-9(14)5-3-6-10(11)18(19)20/h3,5-7H,2,4H2,1H3,(H2,15,16,17). The fourth-order valence-electron chi connectivity index (χ4n) is 1.82. The van der Waals surface area contributed by atoms with Gasteiger partial charge in [0.15, 0.2) is 0 Å². The van der Waals surface area contributed by atoms with E-state index in [2.05, 4.69) is 9.97 Å². The predicted octanol–water partition coefficient (Wildman–Crippen LogP) is 3.37. The highest BCUT2D eigenvalue weighted by Crippen LogP contribution is 2.38. The zero-order chi connectivity index (χ0) is 15.4. The molecule has 0 saturated heterocycles. The predicted molar refractivity (Wildman–Crippen MR) is 78.6 cm³/mol. The number of anilines is 1. The van der Waals surface area contributed by atoms with E-state index in [1.165, 1.54) is 24.5 Å². The van der Waals surface area contributed by atoms with Crippen LogP contribution in [0.4, 0.5) is 11.5 Å². The third kappa shape index (κ3) is 3.19. The van der Waals surface area contributed by atoms with Crippen molar-refractivity contribution in [1.82, 2.24) is 9.97 Å². The number of hydrogen-bond acceptors (Lipinski definition) is 6. The van der Waals surface area contributed by atoms with E-state index in [9.17, 15) is 10.1 Å². The molecule has 110 valence electrons. The second-order valence-corrected chi connectivity index (χ2v) is 4.65. The van der Waals surface area contributed by atoms with Crippen LogP contribution in [0.3, 0.4) is 0 Å². The molecule has 8 heteroatoms. The fourth-order valence-corrected chi connectivity index (χ4v) is 2.03. The van der Waals surface area contributed by atoms with E-state index in [0.29, 0.717) is 12.0 Å². The first kappa shape index (κ1) is 15.0. The molecule has 2 aromatic rings. The average molecular weight is 309 g/mol. The number of aromatic nitrogens is 2. The average Bonchev–Trinajstić information content (AvgIpc) is 2.44. The number of hydrogen-bond donors (Lipinski definition) is 1. The number of nitrogens with zero attached hydrogens (tertiary/aromatic N) is 3. The molecule has 0 bridgehead atoms. The van der Waals surface area contributed by atoms with E-state index in [-0.39, 0.29) is 28.2 Å². The van der Waals surface area contributed by atoms with Crippen molar-refractivity contribution in [3.05, 3.63) is 45.2 Å². The molecule has 0 aliphatic rings. The van der Waals surface area contributed by atoms with Crippen molar-refractivity contribution in [1.29, 1.82) is 0 Å². The second-order valence-electron chi connectivity index (χ2n) is 4.24. The minimum absolute atomic E-state index is 0.0559. The molecule has 0 unspecified atom stereocenters. The van der Waals surface area contributed by atoms with Gasteiger partial charge in [0, 0.05) is 6.07 Å². The van der Waals surface area contributed by atoms with Crippen molar-refractivity contribution in [3.63, 3.8) is 0 Å². The Morgan fingerprint density at radius 2 is 2.19 bits per heavy atom. The number of nitrogen functional groups attached to an aromatic ring is 1. The van der Waals surface area contributed by atoms with Gasteiger partial charge in [-0.3, -0.25) is 10.1 Å². The number of halogens is 1. The first-order valence-electron chi connectivity index (χ1n) is 6.24. The Kier molecular flexibility index (Phi) is 4.54. The van der Waals surface area contributed by atoms with Crippen molar-refractivity contribution in [2.45, 2.75) is 19.8 Å². The number of nitrogens with two attached hydrogens (primary N) is 1. The number of ether oxygens (including phenoxy) is 1. The van der Waals surface area contributed by atoms with E-state index in [0.717, 1.165) is 6.42 Å². The summed E-state index contributed by atoms with van der Waals surface area (Å²) < 4.78 is 5.56. The van der Waals surface area contributed by atoms with Crippen LogP contribution in [0, 0.1) is 10.1 Å². The van der Waals surface area contributed by atoms with Crippen LogP contribution in [0.15, 0.2) is 24.5 Å². The summed E-state index contributed by atoms with van der Waals surface area (Å²) in [5.74, 6) is 0.414. The molecular weight excluding hydrogens is 296 g/mol. The van der Waals surface area contributed by atoms with Gasteiger partial charge in [0.2, 0.25) is 11.6 Å². The largest absolute Gasteiger partial charge is 0.430 e. The molecule has 2 N–H and O–H groups in total. The van der Waals surface area contributed by atoms with E-state index in [4.69, 9.17) is 22.1 Å². The highest BCUT2D eigenvalue weighted by Gasteiger charge is 2.21. The van der Waals surface area contributed by atoms with Gasteiger partial charge >= 0.3 is 5.69 Å². The third-order valence-corrected chi connectivity index (χ3v) is 3.08. The number of nitro benzene ring substituents is 1. The van der Waals surface area contributed by atoms with Crippen LogP contribution < -0.4 is 10.5 Å². The van der Waals surface area contributed by atoms with Crippen LogP contribution in [0.1, 0.15) is 18.9 Å². The van der Waals surface area contributed by atoms with Crippen molar-refractivity contribution >= 4 is 23.1 Å². The molecule has 0 saturated carbocycles. The SMILES string of the molecule is CCCc1c(N)ncnc1Oc1c(Cl)cccc1[N+](=O)[O-]. The van der Waals surface area contributed by atoms with Gasteiger partial charge in [0.25, 0.3) is 0 Å². The normalized spacial score (nSPS) is 10.4. The van der Waals surface area contributed by atoms with Crippen molar-refractivity contribution < 1.29 is 9.66 Å². The molecule has 1 aromatic heterocycles. The van der Waals surface area contributed by atoms with Crippen LogP contribution in [0.5, 0.6) is 11.6 Å². The van der Waals surface area contributed by atoms with Gasteiger partial charge < -0.3 is 10.5 Å². The summed E-state index contributed by atoms with van der Waals surface area (Å²) in [5.41, 5.74) is 6.17. The van der Waals surface area contributed by atoms with E-state index in [1.807, 2.05) is 6.92 Å². The Balaban J connectivity index is 2.48. The van der Waals surface area contributed by atoms with Gasteiger partial charge in [-0.15, -0.1) is 0 Å². The van der Waals surface area contributed by atoms with Crippen LogP contribution in [0.25, 0.3) is 0 Å². The highest BCUT2D eigenvalue weighted by atomic mass is 35.5. The molecule has 1 aromatic carbocycles. The highest BCUT2D eigenvalue weighted by molar-refractivity contribution is 6.32. The fraction of sp³-hybridized carbons (Fsp3) is 0.231. The summed E-state index contributed by atoms with van der Waals surface area (Å²) in [4.78, 5) is 18.4.